The van der Waals surface area contributed by atoms with E-state index in [-0.39, 0.29) is 0 Å². The number of ether oxygens (including phenoxy) is 1. The number of benzene rings is 2. The van der Waals surface area contributed by atoms with Gasteiger partial charge < -0.3 is 10.5 Å². The van der Waals surface area contributed by atoms with Crippen molar-refractivity contribution in [2.45, 2.75) is 0 Å². The normalized spacial score (nSPS) is 9.94. The van der Waals surface area contributed by atoms with Gasteiger partial charge >= 0.3 is 0 Å². The predicted molar refractivity (Wildman–Crippen MR) is 76.5 cm³/mol. The Morgan fingerprint density at radius 1 is 1.12 bits per heavy atom. The SMILES string of the molecule is NC(=S)c1ccc(Br)cc1Oc1ccccc1. The van der Waals surface area contributed by atoms with Gasteiger partial charge in [0.25, 0.3) is 0 Å². The summed E-state index contributed by atoms with van der Waals surface area (Å²) in [5, 5.41) is 0. The summed E-state index contributed by atoms with van der Waals surface area (Å²) in [7, 11) is 0. The number of para-hydroxylation sites is 1. The fourth-order valence-corrected chi connectivity index (χ4v) is 1.91. The van der Waals surface area contributed by atoms with Crippen LogP contribution in [0.25, 0.3) is 0 Å². The Kier molecular flexibility index (Phi) is 3.76. The fourth-order valence-electron chi connectivity index (χ4n) is 1.40. The predicted octanol–water partition coefficient (Wildman–Crippen LogP) is 3.88. The highest BCUT2D eigenvalue weighted by atomic mass is 79.9. The smallest absolute Gasteiger partial charge is 0.138 e. The van der Waals surface area contributed by atoms with Crippen LogP contribution in [0.3, 0.4) is 0 Å². The number of hydrogen-bond donors (Lipinski definition) is 1. The van der Waals surface area contributed by atoms with Gasteiger partial charge in [-0.25, -0.2) is 0 Å². The second-order valence-electron chi connectivity index (χ2n) is 3.42. The second-order valence-corrected chi connectivity index (χ2v) is 4.78. The van der Waals surface area contributed by atoms with Crippen molar-refractivity contribution in [3.05, 3.63) is 58.6 Å². The zero-order chi connectivity index (χ0) is 12.3. The van der Waals surface area contributed by atoms with E-state index in [0.29, 0.717) is 10.7 Å². The summed E-state index contributed by atoms with van der Waals surface area (Å²) in [4.78, 5) is 0.323. The van der Waals surface area contributed by atoms with Gasteiger partial charge in [0.1, 0.15) is 16.5 Å². The first-order valence-corrected chi connectivity index (χ1v) is 6.19. The average Bonchev–Trinajstić information content (AvgIpc) is 2.30. The van der Waals surface area contributed by atoms with E-state index in [4.69, 9.17) is 22.7 Å². The van der Waals surface area contributed by atoms with E-state index in [2.05, 4.69) is 15.9 Å². The van der Waals surface area contributed by atoms with Gasteiger partial charge in [0.15, 0.2) is 0 Å². The molecule has 0 bridgehead atoms. The molecule has 2 rings (SSSR count). The zero-order valence-corrected chi connectivity index (χ0v) is 11.3. The minimum Gasteiger partial charge on any atom is -0.457 e. The monoisotopic (exact) mass is 307 g/mol. The molecule has 0 fully saturated rings. The summed E-state index contributed by atoms with van der Waals surface area (Å²) in [5.41, 5.74) is 6.38. The second kappa shape index (κ2) is 5.29. The van der Waals surface area contributed by atoms with Crippen molar-refractivity contribution in [2.75, 3.05) is 0 Å². The molecule has 0 saturated carbocycles. The number of nitrogens with two attached hydrogens (primary N) is 1. The molecular weight excluding hydrogens is 298 g/mol. The molecule has 2 aromatic carbocycles. The van der Waals surface area contributed by atoms with Crippen molar-refractivity contribution >= 4 is 33.1 Å². The molecule has 0 radical (unpaired) electrons. The Morgan fingerprint density at radius 2 is 1.82 bits per heavy atom. The molecule has 2 aromatic rings. The molecule has 4 heteroatoms. The molecule has 0 aliphatic heterocycles. The zero-order valence-electron chi connectivity index (χ0n) is 8.89. The van der Waals surface area contributed by atoms with E-state index in [1.807, 2.05) is 48.5 Å². The molecular formula is C13H10BrNOS. The molecule has 0 heterocycles. The molecule has 0 amide bonds. The third-order valence-corrected chi connectivity index (χ3v) is 2.89. The minimum absolute atomic E-state index is 0.323. The van der Waals surface area contributed by atoms with Crippen LogP contribution in [0.1, 0.15) is 5.56 Å². The van der Waals surface area contributed by atoms with Gasteiger partial charge in [-0.1, -0.05) is 46.3 Å². The fraction of sp³-hybridized carbons (Fsp3) is 0. The van der Waals surface area contributed by atoms with Crippen LogP contribution in [0.5, 0.6) is 11.5 Å². The number of halogens is 1. The van der Waals surface area contributed by atoms with Crippen molar-refractivity contribution in [3.8, 4) is 11.5 Å². The molecule has 0 atom stereocenters. The number of rotatable bonds is 3. The van der Waals surface area contributed by atoms with Crippen LogP contribution in [0, 0.1) is 0 Å². The van der Waals surface area contributed by atoms with Crippen LogP contribution in [-0.4, -0.2) is 4.99 Å². The lowest BCUT2D eigenvalue weighted by Crippen LogP contribution is -2.10. The lowest BCUT2D eigenvalue weighted by atomic mass is 10.2. The van der Waals surface area contributed by atoms with E-state index >= 15 is 0 Å². The number of hydrogen-bond acceptors (Lipinski definition) is 2. The summed E-state index contributed by atoms with van der Waals surface area (Å²) < 4.78 is 6.67. The van der Waals surface area contributed by atoms with Gasteiger partial charge in [-0.3, -0.25) is 0 Å². The highest BCUT2D eigenvalue weighted by molar-refractivity contribution is 9.10. The van der Waals surface area contributed by atoms with Crippen molar-refractivity contribution in [1.82, 2.24) is 0 Å². The van der Waals surface area contributed by atoms with Crippen molar-refractivity contribution in [2.24, 2.45) is 5.73 Å². The van der Waals surface area contributed by atoms with Crippen LogP contribution in [-0.2, 0) is 0 Å². The van der Waals surface area contributed by atoms with E-state index in [1.165, 1.54) is 0 Å². The lowest BCUT2D eigenvalue weighted by molar-refractivity contribution is 0.481. The Balaban J connectivity index is 2.37. The summed E-state index contributed by atoms with van der Waals surface area (Å²) in [6, 6.07) is 15.1. The summed E-state index contributed by atoms with van der Waals surface area (Å²) in [5.74, 6) is 1.40. The molecule has 2 nitrogen and oxygen atoms in total. The van der Waals surface area contributed by atoms with Crippen LogP contribution < -0.4 is 10.5 Å². The van der Waals surface area contributed by atoms with Gasteiger partial charge in [-0.05, 0) is 30.3 Å². The third kappa shape index (κ3) is 3.05. The summed E-state index contributed by atoms with van der Waals surface area (Å²) in [6.45, 7) is 0. The highest BCUT2D eigenvalue weighted by Gasteiger charge is 2.08. The Morgan fingerprint density at radius 3 is 2.47 bits per heavy atom. The van der Waals surface area contributed by atoms with Crippen LogP contribution >= 0.6 is 28.1 Å². The number of thiocarbonyl (C=S) groups is 1. The third-order valence-electron chi connectivity index (χ3n) is 2.18. The van der Waals surface area contributed by atoms with Crippen molar-refractivity contribution < 1.29 is 4.74 Å². The largest absolute Gasteiger partial charge is 0.457 e. The van der Waals surface area contributed by atoms with Gasteiger partial charge in [-0.15, -0.1) is 0 Å². The molecule has 0 saturated heterocycles. The molecule has 0 aliphatic carbocycles. The maximum atomic E-state index is 5.75. The first kappa shape index (κ1) is 12.1. The van der Waals surface area contributed by atoms with Crippen LogP contribution in [0.15, 0.2) is 53.0 Å². The molecule has 0 aromatic heterocycles. The first-order valence-electron chi connectivity index (χ1n) is 4.99. The van der Waals surface area contributed by atoms with Gasteiger partial charge in [-0.2, -0.15) is 0 Å². The Labute approximate surface area is 114 Å². The molecule has 17 heavy (non-hydrogen) atoms. The van der Waals surface area contributed by atoms with Crippen molar-refractivity contribution in [1.29, 1.82) is 0 Å². The summed E-state index contributed by atoms with van der Waals surface area (Å²) in [6.07, 6.45) is 0. The van der Waals surface area contributed by atoms with E-state index in [9.17, 15) is 0 Å². The highest BCUT2D eigenvalue weighted by Crippen LogP contribution is 2.28. The van der Waals surface area contributed by atoms with E-state index in [0.717, 1.165) is 15.8 Å². The van der Waals surface area contributed by atoms with Gasteiger partial charge in [0.2, 0.25) is 0 Å². The van der Waals surface area contributed by atoms with Gasteiger partial charge in [0, 0.05) is 4.47 Å². The topological polar surface area (TPSA) is 35.2 Å². The molecule has 0 unspecified atom stereocenters. The summed E-state index contributed by atoms with van der Waals surface area (Å²) >= 11 is 8.39. The quantitative estimate of drug-likeness (QED) is 0.874. The maximum absolute atomic E-state index is 5.75. The molecule has 0 spiro atoms. The van der Waals surface area contributed by atoms with Crippen LogP contribution in [0.4, 0.5) is 0 Å². The Bertz CT molecular complexity index is 542. The van der Waals surface area contributed by atoms with E-state index < -0.39 is 0 Å². The minimum atomic E-state index is 0.323. The molecule has 2 N–H and O–H groups in total. The molecule has 0 aliphatic rings. The van der Waals surface area contributed by atoms with E-state index in [1.54, 1.807) is 0 Å². The van der Waals surface area contributed by atoms with Gasteiger partial charge in [0.05, 0.1) is 5.56 Å². The average molecular weight is 308 g/mol. The lowest BCUT2D eigenvalue weighted by Gasteiger charge is -2.10. The van der Waals surface area contributed by atoms with Crippen molar-refractivity contribution in [3.63, 3.8) is 0 Å². The standard InChI is InChI=1S/C13H10BrNOS/c14-9-6-7-11(13(15)17)12(8-9)16-10-4-2-1-3-5-10/h1-8H,(H2,15,17). The molecule has 86 valence electrons. The van der Waals surface area contributed by atoms with Crippen LogP contribution in [0.2, 0.25) is 0 Å². The Hall–Kier alpha value is -1.39. The first-order chi connectivity index (χ1) is 8.16. The maximum Gasteiger partial charge on any atom is 0.138 e.